The highest BCUT2D eigenvalue weighted by molar-refractivity contribution is 6.31. The molecular formula is C12H13ClN4O. The van der Waals surface area contributed by atoms with E-state index in [4.69, 9.17) is 17.3 Å². The minimum Gasteiger partial charge on any atom is -0.368 e. The number of anilines is 1. The van der Waals surface area contributed by atoms with E-state index in [0.717, 1.165) is 31.1 Å². The Morgan fingerprint density at radius 2 is 2.11 bits per heavy atom. The van der Waals surface area contributed by atoms with E-state index < -0.39 is 0 Å². The summed E-state index contributed by atoms with van der Waals surface area (Å²) in [5, 5.41) is 0.962. The van der Waals surface area contributed by atoms with E-state index in [1.807, 2.05) is 0 Å². The molecule has 0 bridgehead atoms. The van der Waals surface area contributed by atoms with Gasteiger partial charge in [0, 0.05) is 17.6 Å². The third-order valence-corrected chi connectivity index (χ3v) is 3.71. The topological polar surface area (TPSA) is 73.8 Å². The summed E-state index contributed by atoms with van der Waals surface area (Å²) < 4.78 is 1.68. The zero-order valence-corrected chi connectivity index (χ0v) is 10.5. The third-order valence-electron chi connectivity index (χ3n) is 3.44. The second-order valence-electron chi connectivity index (χ2n) is 4.61. The maximum absolute atomic E-state index is 12.2. The first-order valence-corrected chi connectivity index (χ1v) is 6.38. The van der Waals surface area contributed by atoms with E-state index in [0.29, 0.717) is 5.65 Å². The normalized spacial score (nSPS) is 16.5. The molecule has 0 aliphatic heterocycles. The molecule has 2 aromatic rings. The van der Waals surface area contributed by atoms with Crippen molar-refractivity contribution in [2.24, 2.45) is 0 Å². The Balaban J connectivity index is 2.34. The van der Waals surface area contributed by atoms with Gasteiger partial charge in [0.15, 0.2) is 0 Å². The van der Waals surface area contributed by atoms with Crippen molar-refractivity contribution < 1.29 is 0 Å². The predicted octanol–water partition coefficient (Wildman–Crippen LogP) is 2.14. The fourth-order valence-electron chi connectivity index (χ4n) is 2.60. The molecule has 3 rings (SSSR count). The highest BCUT2D eigenvalue weighted by Crippen LogP contribution is 2.30. The third kappa shape index (κ3) is 1.75. The van der Waals surface area contributed by atoms with Crippen LogP contribution in [0.2, 0.25) is 5.02 Å². The molecule has 1 aliphatic rings. The van der Waals surface area contributed by atoms with Gasteiger partial charge in [-0.2, -0.15) is 4.98 Å². The molecule has 0 radical (unpaired) electrons. The lowest BCUT2D eigenvalue weighted by Crippen LogP contribution is -2.25. The highest BCUT2D eigenvalue weighted by Gasteiger charge is 2.22. The second-order valence-corrected chi connectivity index (χ2v) is 5.02. The Bertz CT molecular complexity index is 661. The molecule has 0 amide bonds. The minimum atomic E-state index is -0.186. The van der Waals surface area contributed by atoms with Crippen LogP contribution in [-0.2, 0) is 0 Å². The maximum Gasteiger partial charge on any atom is 0.271 e. The average molecular weight is 265 g/mol. The minimum absolute atomic E-state index is 0.174. The van der Waals surface area contributed by atoms with Crippen molar-refractivity contribution in [3.8, 4) is 0 Å². The first-order chi connectivity index (χ1) is 8.66. The van der Waals surface area contributed by atoms with Gasteiger partial charge in [0.1, 0.15) is 10.7 Å². The van der Waals surface area contributed by atoms with Crippen LogP contribution in [0.4, 0.5) is 5.95 Å². The lowest BCUT2D eigenvalue weighted by Gasteiger charge is -2.16. The van der Waals surface area contributed by atoms with Gasteiger partial charge in [-0.25, -0.2) is 4.98 Å². The lowest BCUT2D eigenvalue weighted by atomic mass is 10.2. The van der Waals surface area contributed by atoms with Crippen molar-refractivity contribution in [2.45, 2.75) is 31.7 Å². The van der Waals surface area contributed by atoms with E-state index >= 15 is 0 Å². The highest BCUT2D eigenvalue weighted by atomic mass is 35.5. The van der Waals surface area contributed by atoms with Crippen LogP contribution in [0.1, 0.15) is 31.7 Å². The summed E-state index contributed by atoms with van der Waals surface area (Å²) >= 11 is 5.99. The Morgan fingerprint density at radius 1 is 1.39 bits per heavy atom. The smallest absolute Gasteiger partial charge is 0.271 e. The number of nitrogens with zero attached hydrogens (tertiary/aromatic N) is 3. The summed E-state index contributed by atoms with van der Waals surface area (Å²) in [6, 6.07) is 1.78. The molecule has 0 unspecified atom stereocenters. The molecule has 1 aliphatic carbocycles. The average Bonchev–Trinajstić information content (AvgIpc) is 2.85. The van der Waals surface area contributed by atoms with E-state index in [9.17, 15) is 4.79 Å². The van der Waals surface area contributed by atoms with E-state index in [2.05, 4.69) is 9.97 Å². The summed E-state index contributed by atoms with van der Waals surface area (Å²) in [6.07, 6.45) is 5.84. The molecule has 2 aromatic heterocycles. The van der Waals surface area contributed by atoms with Crippen LogP contribution in [0.5, 0.6) is 0 Å². The number of hydrogen-bond acceptors (Lipinski definition) is 4. The number of hydrogen-bond donors (Lipinski definition) is 1. The van der Waals surface area contributed by atoms with E-state index in [1.165, 1.54) is 0 Å². The van der Waals surface area contributed by atoms with Gasteiger partial charge in [-0.05, 0) is 18.9 Å². The van der Waals surface area contributed by atoms with Gasteiger partial charge >= 0.3 is 0 Å². The molecule has 1 fully saturated rings. The van der Waals surface area contributed by atoms with Gasteiger partial charge in [0.05, 0.1) is 0 Å². The largest absolute Gasteiger partial charge is 0.368 e. The summed E-state index contributed by atoms with van der Waals surface area (Å²) in [7, 11) is 0. The SMILES string of the molecule is Nc1ncc2cc(Cl)c(=O)n(C3CCCC3)c2n1. The second kappa shape index (κ2) is 4.24. The Hall–Kier alpha value is -1.62. The number of halogens is 1. The zero-order chi connectivity index (χ0) is 12.7. The Labute approximate surface area is 109 Å². The zero-order valence-electron chi connectivity index (χ0n) is 9.77. The molecule has 6 heteroatoms. The fourth-order valence-corrected chi connectivity index (χ4v) is 2.81. The number of rotatable bonds is 1. The summed E-state index contributed by atoms with van der Waals surface area (Å²) in [5.41, 5.74) is 6.01. The molecule has 5 nitrogen and oxygen atoms in total. The van der Waals surface area contributed by atoms with Gasteiger partial charge in [-0.1, -0.05) is 24.4 Å². The van der Waals surface area contributed by atoms with Gasteiger partial charge in [0.2, 0.25) is 5.95 Å². The molecule has 18 heavy (non-hydrogen) atoms. The molecule has 0 saturated heterocycles. The van der Waals surface area contributed by atoms with Crippen molar-refractivity contribution in [1.82, 2.24) is 14.5 Å². The fraction of sp³-hybridized carbons (Fsp3) is 0.417. The van der Waals surface area contributed by atoms with Crippen LogP contribution in [0.15, 0.2) is 17.1 Å². The predicted molar refractivity (Wildman–Crippen MR) is 70.7 cm³/mol. The first-order valence-electron chi connectivity index (χ1n) is 6.00. The van der Waals surface area contributed by atoms with Crippen LogP contribution < -0.4 is 11.3 Å². The van der Waals surface area contributed by atoms with Crippen molar-refractivity contribution >= 4 is 28.6 Å². The van der Waals surface area contributed by atoms with Crippen LogP contribution >= 0.6 is 11.6 Å². The van der Waals surface area contributed by atoms with Gasteiger partial charge in [-0.15, -0.1) is 0 Å². The molecule has 0 spiro atoms. The molecule has 2 N–H and O–H groups in total. The molecule has 94 valence electrons. The monoisotopic (exact) mass is 264 g/mol. The number of aromatic nitrogens is 3. The van der Waals surface area contributed by atoms with E-state index in [1.54, 1.807) is 16.8 Å². The molecule has 2 heterocycles. The van der Waals surface area contributed by atoms with Gasteiger partial charge in [-0.3, -0.25) is 9.36 Å². The van der Waals surface area contributed by atoms with Crippen molar-refractivity contribution in [1.29, 1.82) is 0 Å². The first kappa shape index (κ1) is 11.5. The number of pyridine rings is 1. The molecule has 0 atom stereocenters. The van der Waals surface area contributed by atoms with Gasteiger partial charge < -0.3 is 5.73 Å². The van der Waals surface area contributed by atoms with Crippen LogP contribution in [-0.4, -0.2) is 14.5 Å². The number of fused-ring (bicyclic) bond motifs is 1. The van der Waals surface area contributed by atoms with Crippen LogP contribution in [0.3, 0.4) is 0 Å². The Morgan fingerprint density at radius 3 is 2.83 bits per heavy atom. The summed E-state index contributed by atoms with van der Waals surface area (Å²) in [6.45, 7) is 0. The lowest BCUT2D eigenvalue weighted by molar-refractivity contribution is 0.516. The standard InChI is InChI=1S/C12H13ClN4O/c13-9-5-7-6-15-12(14)16-10(7)17(11(9)18)8-3-1-2-4-8/h5-6,8H,1-4H2,(H2,14,15,16). The quantitative estimate of drug-likeness (QED) is 0.856. The van der Waals surface area contributed by atoms with E-state index in [-0.39, 0.29) is 22.6 Å². The number of nitrogen functional groups attached to an aromatic ring is 1. The van der Waals surface area contributed by atoms with Crippen molar-refractivity contribution in [3.05, 3.63) is 27.6 Å². The Kier molecular flexibility index (Phi) is 2.70. The van der Waals surface area contributed by atoms with Crippen LogP contribution in [0, 0.1) is 0 Å². The summed E-state index contributed by atoms with van der Waals surface area (Å²) in [4.78, 5) is 20.3. The van der Waals surface area contributed by atoms with Gasteiger partial charge in [0.25, 0.3) is 5.56 Å². The molecular weight excluding hydrogens is 252 g/mol. The maximum atomic E-state index is 12.2. The van der Waals surface area contributed by atoms with Crippen LogP contribution in [0.25, 0.3) is 11.0 Å². The summed E-state index contributed by atoms with van der Waals surface area (Å²) in [5.74, 6) is 0.177. The number of nitrogens with two attached hydrogens (primary N) is 1. The van der Waals surface area contributed by atoms with Crippen molar-refractivity contribution in [3.63, 3.8) is 0 Å². The molecule has 1 saturated carbocycles. The molecule has 0 aromatic carbocycles. The van der Waals surface area contributed by atoms with Crippen molar-refractivity contribution in [2.75, 3.05) is 5.73 Å².